The van der Waals surface area contributed by atoms with E-state index in [0.29, 0.717) is 29.4 Å². The zero-order chi connectivity index (χ0) is 24.0. The maximum absolute atomic E-state index is 12.6. The van der Waals surface area contributed by atoms with Crippen molar-refractivity contribution in [2.24, 2.45) is 11.1 Å². The Balaban J connectivity index is 1.58. The van der Waals surface area contributed by atoms with Gasteiger partial charge in [-0.15, -0.1) is 0 Å². The fraction of sp³-hybridized carbons (Fsp3) is 0.480. The first kappa shape index (κ1) is 24.5. The fourth-order valence-electron chi connectivity index (χ4n) is 3.41. The summed E-state index contributed by atoms with van der Waals surface area (Å²) in [5, 5.41) is 2.75. The van der Waals surface area contributed by atoms with E-state index in [-0.39, 0.29) is 17.6 Å². The fourth-order valence-corrected chi connectivity index (χ4v) is 3.41. The molecule has 1 aliphatic rings. The standard InChI is InChI=1S/C25H33N3O5/c1-25(2,3)11-10-21(24(30)31-4)28-23(29)16-8-9-22(27-15-16)33-19-7-5-6-18(14-19)32-20-12-17(26)13-20/h5-9,14-15,17,20-21H,10-13,26H2,1-4H3,(H,28,29)/t17?,20?,21-/m0/s1. The summed E-state index contributed by atoms with van der Waals surface area (Å²) in [5.74, 6) is 0.767. The van der Waals surface area contributed by atoms with Crippen LogP contribution in [0.15, 0.2) is 42.6 Å². The first-order valence-corrected chi connectivity index (χ1v) is 11.2. The van der Waals surface area contributed by atoms with Crippen molar-refractivity contribution < 1.29 is 23.8 Å². The van der Waals surface area contributed by atoms with E-state index in [1.807, 2.05) is 12.1 Å². The Morgan fingerprint density at radius 3 is 2.52 bits per heavy atom. The number of ether oxygens (including phenoxy) is 3. The van der Waals surface area contributed by atoms with Crippen LogP contribution in [0.2, 0.25) is 0 Å². The van der Waals surface area contributed by atoms with Crippen molar-refractivity contribution in [2.45, 2.75) is 64.6 Å². The largest absolute Gasteiger partial charge is 0.490 e. The molecule has 33 heavy (non-hydrogen) atoms. The minimum absolute atomic E-state index is 0.0323. The second kappa shape index (κ2) is 10.7. The number of rotatable bonds is 9. The normalized spacial score (nSPS) is 18.6. The second-order valence-corrected chi connectivity index (χ2v) is 9.58. The summed E-state index contributed by atoms with van der Waals surface area (Å²) in [4.78, 5) is 29.0. The van der Waals surface area contributed by atoms with Crippen LogP contribution < -0.4 is 20.5 Å². The Kier molecular flexibility index (Phi) is 7.92. The molecule has 0 unspecified atom stereocenters. The quantitative estimate of drug-likeness (QED) is 0.552. The Labute approximate surface area is 194 Å². The second-order valence-electron chi connectivity index (χ2n) is 9.58. The number of methoxy groups -OCH3 is 1. The lowest BCUT2D eigenvalue weighted by atomic mass is 9.88. The van der Waals surface area contributed by atoms with Gasteiger partial charge in [0, 0.05) is 24.4 Å². The highest BCUT2D eigenvalue weighted by molar-refractivity contribution is 5.96. The molecule has 178 valence electrons. The molecule has 0 aliphatic heterocycles. The number of hydrogen-bond donors (Lipinski definition) is 2. The lowest BCUT2D eigenvalue weighted by molar-refractivity contribution is -0.143. The Bertz CT molecular complexity index is 949. The van der Waals surface area contributed by atoms with Crippen molar-refractivity contribution in [3.05, 3.63) is 48.2 Å². The third kappa shape index (κ3) is 7.46. The van der Waals surface area contributed by atoms with Crippen LogP contribution in [0, 0.1) is 5.41 Å². The Morgan fingerprint density at radius 2 is 1.91 bits per heavy atom. The van der Waals surface area contributed by atoms with Crippen molar-refractivity contribution >= 4 is 11.9 Å². The van der Waals surface area contributed by atoms with Crippen molar-refractivity contribution in [2.75, 3.05) is 7.11 Å². The van der Waals surface area contributed by atoms with Crippen LogP contribution in [-0.2, 0) is 9.53 Å². The summed E-state index contributed by atoms with van der Waals surface area (Å²) in [6, 6.07) is 10.0. The molecule has 0 radical (unpaired) electrons. The van der Waals surface area contributed by atoms with E-state index in [1.165, 1.54) is 13.3 Å². The third-order valence-corrected chi connectivity index (χ3v) is 5.43. The van der Waals surface area contributed by atoms with Gasteiger partial charge >= 0.3 is 5.97 Å². The van der Waals surface area contributed by atoms with Gasteiger partial charge in [0.1, 0.15) is 23.6 Å². The highest BCUT2D eigenvalue weighted by Gasteiger charge is 2.28. The van der Waals surface area contributed by atoms with Crippen LogP contribution in [0.4, 0.5) is 0 Å². The highest BCUT2D eigenvalue weighted by atomic mass is 16.5. The van der Waals surface area contributed by atoms with Crippen LogP contribution >= 0.6 is 0 Å². The molecule has 8 nitrogen and oxygen atoms in total. The van der Waals surface area contributed by atoms with Gasteiger partial charge < -0.3 is 25.3 Å². The van der Waals surface area contributed by atoms with Gasteiger partial charge in [0.2, 0.25) is 5.88 Å². The summed E-state index contributed by atoms with van der Waals surface area (Å²) in [7, 11) is 1.31. The van der Waals surface area contributed by atoms with Crippen molar-refractivity contribution in [1.82, 2.24) is 10.3 Å². The number of amides is 1. The molecule has 3 N–H and O–H groups in total. The average molecular weight is 456 g/mol. The summed E-state index contributed by atoms with van der Waals surface area (Å²) in [5.41, 5.74) is 6.16. The predicted molar refractivity (Wildman–Crippen MR) is 124 cm³/mol. The van der Waals surface area contributed by atoms with Gasteiger partial charge in [0.05, 0.1) is 12.7 Å². The minimum atomic E-state index is -0.717. The number of carbonyl (C=O) groups excluding carboxylic acids is 2. The molecule has 1 atom stereocenters. The van der Waals surface area contributed by atoms with Gasteiger partial charge in [0.15, 0.2) is 0 Å². The summed E-state index contributed by atoms with van der Waals surface area (Å²) in [6.07, 6.45) is 4.50. The number of benzene rings is 1. The van der Waals surface area contributed by atoms with Crippen molar-refractivity contribution in [3.63, 3.8) is 0 Å². The third-order valence-electron chi connectivity index (χ3n) is 5.43. The predicted octanol–water partition coefficient (Wildman–Crippen LogP) is 3.84. The molecule has 3 rings (SSSR count). The summed E-state index contributed by atoms with van der Waals surface area (Å²) < 4.78 is 16.5. The number of nitrogens with one attached hydrogen (secondary N) is 1. The topological polar surface area (TPSA) is 113 Å². The highest BCUT2D eigenvalue weighted by Crippen LogP contribution is 2.29. The number of nitrogens with two attached hydrogens (primary N) is 1. The number of pyridine rings is 1. The first-order chi connectivity index (χ1) is 15.6. The molecule has 1 aliphatic carbocycles. The van der Waals surface area contributed by atoms with E-state index in [1.54, 1.807) is 24.3 Å². The molecule has 8 heteroatoms. The molecule has 1 aromatic carbocycles. The molecule has 1 saturated carbocycles. The maximum Gasteiger partial charge on any atom is 0.328 e. The van der Waals surface area contributed by atoms with E-state index in [0.717, 1.165) is 19.3 Å². The van der Waals surface area contributed by atoms with Crippen LogP contribution in [0.3, 0.4) is 0 Å². The van der Waals surface area contributed by atoms with E-state index in [2.05, 4.69) is 31.1 Å². The molecule has 1 aromatic heterocycles. The van der Waals surface area contributed by atoms with E-state index >= 15 is 0 Å². The molecule has 1 amide bonds. The van der Waals surface area contributed by atoms with Crippen LogP contribution in [0.25, 0.3) is 0 Å². The zero-order valence-corrected chi connectivity index (χ0v) is 19.7. The van der Waals surface area contributed by atoms with Crippen molar-refractivity contribution in [3.8, 4) is 17.4 Å². The van der Waals surface area contributed by atoms with Gasteiger partial charge in [-0.25, -0.2) is 9.78 Å². The van der Waals surface area contributed by atoms with Gasteiger partial charge in [-0.2, -0.15) is 0 Å². The molecule has 0 bridgehead atoms. The van der Waals surface area contributed by atoms with E-state index in [9.17, 15) is 9.59 Å². The molecular weight excluding hydrogens is 422 g/mol. The lowest BCUT2D eigenvalue weighted by Crippen LogP contribution is -2.43. The number of hydrogen-bond acceptors (Lipinski definition) is 7. The van der Waals surface area contributed by atoms with E-state index < -0.39 is 17.9 Å². The number of nitrogens with zero attached hydrogens (tertiary/aromatic N) is 1. The number of carbonyl (C=O) groups is 2. The van der Waals surface area contributed by atoms with Gasteiger partial charge in [-0.3, -0.25) is 4.79 Å². The summed E-state index contributed by atoms with van der Waals surface area (Å²) >= 11 is 0. The monoisotopic (exact) mass is 455 g/mol. The number of aromatic nitrogens is 1. The maximum atomic E-state index is 12.6. The van der Waals surface area contributed by atoms with Crippen LogP contribution in [-0.4, -0.2) is 42.2 Å². The zero-order valence-electron chi connectivity index (χ0n) is 19.7. The van der Waals surface area contributed by atoms with Gasteiger partial charge in [0.25, 0.3) is 5.91 Å². The van der Waals surface area contributed by atoms with Crippen molar-refractivity contribution in [1.29, 1.82) is 0 Å². The SMILES string of the molecule is COC(=O)[C@H](CCC(C)(C)C)NC(=O)c1ccc(Oc2cccc(OC3CC(N)C3)c2)nc1. The lowest BCUT2D eigenvalue weighted by Gasteiger charge is -2.32. The molecule has 0 saturated heterocycles. The van der Waals surface area contributed by atoms with Gasteiger partial charge in [-0.1, -0.05) is 26.8 Å². The van der Waals surface area contributed by atoms with Crippen LogP contribution in [0.5, 0.6) is 17.4 Å². The molecular formula is C25H33N3O5. The molecule has 2 aromatic rings. The van der Waals surface area contributed by atoms with Gasteiger partial charge in [-0.05, 0) is 49.3 Å². The Morgan fingerprint density at radius 1 is 1.18 bits per heavy atom. The average Bonchev–Trinajstić information content (AvgIpc) is 2.75. The Hall–Kier alpha value is -3.13. The summed E-state index contributed by atoms with van der Waals surface area (Å²) in [6.45, 7) is 6.24. The molecule has 1 fully saturated rings. The van der Waals surface area contributed by atoms with Crippen LogP contribution in [0.1, 0.15) is 56.8 Å². The smallest absolute Gasteiger partial charge is 0.328 e. The first-order valence-electron chi connectivity index (χ1n) is 11.2. The molecule has 1 heterocycles. The minimum Gasteiger partial charge on any atom is -0.490 e. The van der Waals surface area contributed by atoms with E-state index in [4.69, 9.17) is 19.9 Å². The number of esters is 1. The molecule has 0 spiro atoms.